The van der Waals surface area contributed by atoms with Crippen molar-refractivity contribution in [2.75, 3.05) is 48.8 Å². The van der Waals surface area contributed by atoms with Gasteiger partial charge in [-0.1, -0.05) is 69.4 Å². The van der Waals surface area contributed by atoms with Crippen LogP contribution in [0, 0.1) is 29.1 Å². The fourth-order valence-electron chi connectivity index (χ4n) is 16.4. The number of carboxylic acid groups (broad SMARTS) is 2. The Kier molecular flexibility index (Phi) is 20.3. The number of nitrogens with zero attached hydrogens (tertiary/aromatic N) is 6. The number of amides is 5. The number of aryl methyl sites for hydroxylation is 1. The molecule has 4 saturated carbocycles. The summed E-state index contributed by atoms with van der Waals surface area (Å²) in [6.45, 7) is 13.0. The fraction of sp³-hybridized carbons (Fsp3) is 0.514. The SMILES string of the molecule is CNC(=O)CCN(CCOC12CC3(C)CC(C)(CC(Cn4ncc(-c5ccc(N6CCc7cccc(C(=O)Nc8nc9ccccc9s8)c7C6)nc5C(=O)O)c4C)(C3)C1)C2)C(=O)OCc1ccc(NC(=O)[C@H](C)NC(=O)[C@@H](N)C(C)C)cc1CC[C@@H]1O[C@H](C(=O)O)[C@@H](O)[C@H](O)[C@H]1O. The molecule has 11 N–H and O–H groups in total. The maximum Gasteiger partial charge on any atom is 0.410 e. The molecule has 26 nitrogen and oxygen atoms in total. The Labute approximate surface area is 565 Å². The molecule has 5 heterocycles. The molecule has 0 radical (unpaired) electrons. The highest BCUT2D eigenvalue weighted by Crippen LogP contribution is 2.72. The number of anilines is 3. The van der Waals surface area contributed by atoms with Crippen molar-refractivity contribution in [3.8, 4) is 11.1 Å². The highest BCUT2D eigenvalue weighted by Gasteiger charge is 2.66. The first-order valence-corrected chi connectivity index (χ1v) is 33.9. The second-order valence-corrected chi connectivity index (χ2v) is 29.4. The predicted octanol–water partition coefficient (Wildman–Crippen LogP) is 6.58. The summed E-state index contributed by atoms with van der Waals surface area (Å²) in [6.07, 6.45) is -1.82. The smallest absolute Gasteiger partial charge is 0.410 e. The minimum Gasteiger partial charge on any atom is -0.479 e. The van der Waals surface area contributed by atoms with Crippen molar-refractivity contribution in [1.29, 1.82) is 0 Å². The second kappa shape index (κ2) is 28.2. The van der Waals surface area contributed by atoms with Gasteiger partial charge in [0.05, 0.1) is 40.8 Å². The maximum atomic E-state index is 14.3. The molecule has 2 unspecified atom stereocenters. The number of nitrogens with two attached hydrogens (primary N) is 1. The van der Waals surface area contributed by atoms with Crippen LogP contribution in [0.4, 0.5) is 21.4 Å². The van der Waals surface area contributed by atoms with Crippen molar-refractivity contribution < 1.29 is 73.3 Å². The first-order chi connectivity index (χ1) is 46.1. The molecular weight excluding hydrogens is 1270 g/mol. The van der Waals surface area contributed by atoms with Gasteiger partial charge in [0.1, 0.15) is 36.8 Å². The monoisotopic (exact) mass is 1350 g/mol. The van der Waals surface area contributed by atoms with Crippen LogP contribution in [0.2, 0.25) is 0 Å². The van der Waals surface area contributed by atoms with Crippen molar-refractivity contribution in [2.45, 2.75) is 174 Å². The number of pyridine rings is 1. The van der Waals surface area contributed by atoms with Gasteiger partial charge in [-0.2, -0.15) is 5.10 Å². The van der Waals surface area contributed by atoms with Crippen LogP contribution < -0.4 is 31.9 Å². The van der Waals surface area contributed by atoms with Gasteiger partial charge >= 0.3 is 18.0 Å². The van der Waals surface area contributed by atoms with Gasteiger partial charge < -0.3 is 71.2 Å². The molecule has 4 bridgehead atoms. The Bertz CT molecular complexity index is 3960. The number of aliphatic hydroxyl groups excluding tert-OH is 3. The number of hydrogen-bond acceptors (Lipinski definition) is 19. The topological polar surface area (TPSA) is 373 Å². The first kappa shape index (κ1) is 69.9. The zero-order chi connectivity index (χ0) is 69.5. The number of hydrogen-bond donors (Lipinski definition) is 10. The van der Waals surface area contributed by atoms with E-state index in [2.05, 4.69) is 40.1 Å². The molecule has 4 aliphatic carbocycles. The molecule has 12 rings (SSSR count). The Morgan fingerprint density at radius 1 is 0.835 bits per heavy atom. The molecule has 0 spiro atoms. The number of thiazole rings is 1. The highest BCUT2D eigenvalue weighted by molar-refractivity contribution is 7.22. The number of aromatic nitrogens is 4. The summed E-state index contributed by atoms with van der Waals surface area (Å²) in [5, 5.41) is 68.8. The Hall–Kier alpha value is -8.44. The maximum absolute atomic E-state index is 14.3. The van der Waals surface area contributed by atoms with Crippen LogP contribution in [-0.4, -0.2) is 173 Å². The van der Waals surface area contributed by atoms with Gasteiger partial charge in [0.15, 0.2) is 16.9 Å². The van der Waals surface area contributed by atoms with Gasteiger partial charge in [-0.25, -0.2) is 24.4 Å². The minimum atomic E-state index is -1.90. The summed E-state index contributed by atoms with van der Waals surface area (Å²) in [6, 6.07) is 19.9. The summed E-state index contributed by atoms with van der Waals surface area (Å²) in [4.78, 5) is 105. The lowest BCUT2D eigenvalue weighted by molar-refractivity contribution is -0.248. The zero-order valence-electron chi connectivity index (χ0n) is 55.6. The lowest BCUT2D eigenvalue weighted by Crippen LogP contribution is -2.64. The molecule has 5 amide bonds. The third-order valence-corrected chi connectivity index (χ3v) is 21.1. The van der Waals surface area contributed by atoms with Gasteiger partial charge in [0.2, 0.25) is 17.7 Å². The van der Waals surface area contributed by atoms with Crippen LogP contribution in [0.15, 0.2) is 79.0 Å². The molecule has 6 aliphatic rings. The van der Waals surface area contributed by atoms with Gasteiger partial charge in [-0.3, -0.25) is 29.2 Å². The summed E-state index contributed by atoms with van der Waals surface area (Å²) in [7, 11) is 1.50. The second-order valence-electron chi connectivity index (χ2n) is 28.3. The van der Waals surface area contributed by atoms with Gasteiger partial charge in [0.25, 0.3) is 5.91 Å². The third-order valence-electron chi connectivity index (χ3n) is 20.1. The lowest BCUT2D eigenvalue weighted by atomic mass is 9.39. The van der Waals surface area contributed by atoms with Gasteiger partial charge in [0, 0.05) is 74.3 Å². The minimum absolute atomic E-state index is 0.0117. The summed E-state index contributed by atoms with van der Waals surface area (Å²) < 4.78 is 21.6. The summed E-state index contributed by atoms with van der Waals surface area (Å²) in [5.74, 6) is -4.09. The molecule has 97 heavy (non-hydrogen) atoms. The van der Waals surface area contributed by atoms with E-state index in [1.807, 2.05) is 59.0 Å². The molecule has 3 aromatic heterocycles. The average Bonchev–Trinajstić information content (AvgIpc) is 0.990. The fourth-order valence-corrected chi connectivity index (χ4v) is 17.2. The number of rotatable bonds is 25. The number of aliphatic carboxylic acids is 1. The summed E-state index contributed by atoms with van der Waals surface area (Å²) in [5.41, 5.74) is 11.2. The van der Waals surface area contributed by atoms with Gasteiger partial charge in [-0.05, 0) is 159 Å². The van der Waals surface area contributed by atoms with Crippen molar-refractivity contribution >= 4 is 79.9 Å². The molecule has 2 aliphatic heterocycles. The van der Waals surface area contributed by atoms with Crippen LogP contribution in [-0.2, 0) is 65.9 Å². The number of ether oxygens (including phenoxy) is 3. The molecule has 6 aromatic rings. The number of nitrogens with one attached hydrogen (secondary N) is 4. The standard InChI is InChI=1S/C70H87N11O15S/c1-38(2)54(71)62(88)74-39(3)60(86)75-44-17-15-43(42(27-44)16-19-50-56(83)57(84)58(85)59(96-50)64(91)92)30-94-66(93)79(24-22-53(82)72-7)25-26-95-70-34-67(5)31-68(6,35-70)33-69(32-67,36-70)37-81-40(4)47(28-73-81)45-18-20-52(77-55(45)63(89)90)80-23-21-41-11-10-12-46(48(41)29-80)61(87)78-65-76-49-13-8-9-14-51(49)97-65/h8-15,17-18,20,27-28,38-39,50,54,56-59,83-85H,16,19,21-26,29-37,71H2,1-7H3,(H,72,82)(H,74,88)(H,75,86)(H,89,90)(H,91,92)(H,76,78,87)/t39-,50-,54-,56-,57+,58-,59-,67?,68?,69?,70?/m0/s1. The van der Waals surface area contributed by atoms with E-state index in [4.69, 9.17) is 30.0 Å². The van der Waals surface area contributed by atoms with E-state index in [-0.39, 0.29) is 90.9 Å². The Morgan fingerprint density at radius 3 is 2.30 bits per heavy atom. The van der Waals surface area contributed by atoms with Crippen molar-refractivity contribution in [1.82, 2.24) is 35.3 Å². The number of aromatic carboxylic acids is 1. The zero-order valence-corrected chi connectivity index (χ0v) is 56.4. The van der Waals surface area contributed by atoms with E-state index in [1.165, 1.54) is 30.2 Å². The number of carboxylic acids is 2. The van der Waals surface area contributed by atoms with E-state index < -0.39 is 78.1 Å². The molecule has 518 valence electrons. The number of para-hydroxylation sites is 1. The molecule has 3 aromatic carbocycles. The van der Waals surface area contributed by atoms with E-state index >= 15 is 0 Å². The van der Waals surface area contributed by atoms with Crippen LogP contribution in [0.1, 0.15) is 135 Å². The normalized spacial score (nSPS) is 25.4. The number of carbonyl (C=O) groups excluding carboxylic acids is 5. The Morgan fingerprint density at radius 2 is 1.59 bits per heavy atom. The molecule has 1 saturated heterocycles. The van der Waals surface area contributed by atoms with Gasteiger partial charge in [-0.15, -0.1) is 0 Å². The quantitative estimate of drug-likeness (QED) is 0.0289. The van der Waals surface area contributed by atoms with E-state index in [9.17, 15) is 59.1 Å². The van der Waals surface area contributed by atoms with E-state index in [0.717, 1.165) is 59.1 Å². The average molecular weight is 1350 g/mol. The molecule has 27 heteroatoms. The largest absolute Gasteiger partial charge is 0.479 e. The van der Waals surface area contributed by atoms with Crippen molar-refractivity contribution in [2.24, 2.45) is 27.9 Å². The first-order valence-electron chi connectivity index (χ1n) is 33.0. The summed E-state index contributed by atoms with van der Waals surface area (Å²) >= 11 is 1.40. The van der Waals surface area contributed by atoms with E-state index in [1.54, 1.807) is 50.4 Å². The number of carbonyl (C=O) groups is 7. The van der Waals surface area contributed by atoms with E-state index in [0.29, 0.717) is 71.2 Å². The number of benzene rings is 3. The Balaban J connectivity index is 0.769. The van der Waals surface area contributed by atoms with Crippen LogP contribution in [0.5, 0.6) is 0 Å². The highest BCUT2D eigenvalue weighted by atomic mass is 32.1. The molecule has 9 atom stereocenters. The predicted molar refractivity (Wildman–Crippen MR) is 360 cm³/mol. The van der Waals surface area contributed by atoms with Crippen molar-refractivity contribution in [3.05, 3.63) is 118 Å². The molecular formula is C70H87N11O15S. The molecule has 5 fully saturated rings. The number of aliphatic hydroxyl groups is 3. The van der Waals surface area contributed by atoms with Crippen LogP contribution >= 0.6 is 11.3 Å². The van der Waals surface area contributed by atoms with Crippen LogP contribution in [0.25, 0.3) is 21.3 Å². The lowest BCUT2D eigenvalue weighted by Gasteiger charge is -2.69. The number of fused-ring (bicyclic) bond motifs is 2. The van der Waals surface area contributed by atoms with Crippen molar-refractivity contribution in [3.63, 3.8) is 0 Å². The van der Waals surface area contributed by atoms with Crippen LogP contribution in [0.3, 0.4) is 0 Å². The third kappa shape index (κ3) is 15.2.